The maximum Gasteiger partial charge on any atom is 0.433 e. The van der Waals surface area contributed by atoms with Crippen molar-refractivity contribution in [3.8, 4) is 5.69 Å². The fraction of sp³-hybridized carbons (Fsp3) is 0.300. The van der Waals surface area contributed by atoms with Crippen LogP contribution in [0.2, 0.25) is 0 Å². The van der Waals surface area contributed by atoms with Crippen molar-refractivity contribution in [3.63, 3.8) is 0 Å². The van der Waals surface area contributed by atoms with Gasteiger partial charge in [-0.25, -0.2) is 24.4 Å². The zero-order valence-electron chi connectivity index (χ0n) is 24.7. The van der Waals surface area contributed by atoms with Gasteiger partial charge in [-0.15, -0.1) is 0 Å². The summed E-state index contributed by atoms with van der Waals surface area (Å²) in [4.78, 5) is 53.0. The summed E-state index contributed by atoms with van der Waals surface area (Å²) in [7, 11) is 0. The van der Waals surface area contributed by atoms with Crippen molar-refractivity contribution in [2.75, 3.05) is 16.8 Å². The van der Waals surface area contributed by atoms with Gasteiger partial charge in [0.05, 0.1) is 23.5 Å². The van der Waals surface area contributed by atoms with E-state index >= 15 is 0 Å². The minimum atomic E-state index is -4.81. The van der Waals surface area contributed by atoms with E-state index in [0.717, 1.165) is 6.20 Å². The van der Waals surface area contributed by atoms with E-state index < -0.39 is 53.2 Å². The Labute approximate surface area is 255 Å². The Balaban J connectivity index is 1.60. The third-order valence-corrected chi connectivity index (χ3v) is 6.70. The number of para-hydroxylation sites is 1. The molecule has 4 heterocycles. The molecule has 1 aliphatic heterocycles. The van der Waals surface area contributed by atoms with Crippen molar-refractivity contribution in [3.05, 3.63) is 89.8 Å². The van der Waals surface area contributed by atoms with Gasteiger partial charge in [-0.05, 0) is 58.0 Å². The molecule has 0 bridgehead atoms. The Hall–Kier alpha value is -5.34. The first-order chi connectivity index (χ1) is 21.3. The molecule has 0 saturated carbocycles. The molecule has 1 aliphatic rings. The monoisotopic (exact) mass is 622 g/mol. The smallest absolute Gasteiger partial charge is 0.433 e. The number of benzene rings is 1. The first-order valence-corrected chi connectivity index (χ1v) is 13.9. The van der Waals surface area contributed by atoms with Crippen molar-refractivity contribution in [1.29, 1.82) is 0 Å². The highest BCUT2D eigenvalue weighted by Crippen LogP contribution is 2.41. The normalized spacial score (nSPS) is 16.6. The fourth-order valence-corrected chi connectivity index (χ4v) is 4.91. The lowest BCUT2D eigenvalue weighted by atomic mass is 9.85. The molecule has 12 nitrogen and oxygen atoms in total. The molecule has 0 saturated heterocycles. The average Bonchev–Trinajstić information content (AvgIpc) is 3.41. The van der Waals surface area contributed by atoms with Crippen LogP contribution in [0.3, 0.4) is 0 Å². The predicted molar refractivity (Wildman–Crippen MR) is 156 cm³/mol. The molecule has 0 spiro atoms. The number of hydrogen-bond donors (Lipinski definition) is 2. The standard InChI is InChI=1S/C30H29F3N8O4/c1-5-40-26-18(16-35-41(26)17-10-7-6-8-11-17)22(19-12-9-13-21(36-19)38-28(44)45-29(2,3)4)23(27(40)43)39-25(42)24-34-15-14-20(37-24)30(31,32)33/h6-16,22-23H,5H2,1-4H3,(H,39,42)(H,36,38,44)/t22-,23-/m0/s1. The van der Waals surface area contributed by atoms with E-state index in [1.165, 1.54) is 17.2 Å². The highest BCUT2D eigenvalue weighted by molar-refractivity contribution is 6.04. The van der Waals surface area contributed by atoms with E-state index in [1.54, 1.807) is 44.5 Å². The highest BCUT2D eigenvalue weighted by atomic mass is 19.4. The predicted octanol–water partition coefficient (Wildman–Crippen LogP) is 4.72. The van der Waals surface area contributed by atoms with Crippen molar-refractivity contribution in [2.45, 2.75) is 51.4 Å². The molecule has 0 unspecified atom stereocenters. The Morgan fingerprint density at radius 3 is 2.40 bits per heavy atom. The minimum absolute atomic E-state index is 0.107. The van der Waals surface area contributed by atoms with Gasteiger partial charge in [-0.1, -0.05) is 24.3 Å². The molecule has 0 fully saturated rings. The molecule has 234 valence electrons. The molecule has 0 aliphatic carbocycles. The van der Waals surface area contributed by atoms with E-state index in [4.69, 9.17) is 4.74 Å². The third kappa shape index (κ3) is 6.61. The molecule has 3 amide bonds. The van der Waals surface area contributed by atoms with E-state index in [2.05, 4.69) is 30.7 Å². The first-order valence-electron chi connectivity index (χ1n) is 13.9. The second kappa shape index (κ2) is 12.0. The molecule has 0 radical (unpaired) electrons. The summed E-state index contributed by atoms with van der Waals surface area (Å²) < 4.78 is 46.9. The summed E-state index contributed by atoms with van der Waals surface area (Å²) in [6.45, 7) is 7.03. The first kappa shape index (κ1) is 31.1. The van der Waals surface area contributed by atoms with Gasteiger partial charge >= 0.3 is 12.3 Å². The number of rotatable bonds is 6. The number of nitrogens with one attached hydrogen (secondary N) is 2. The van der Waals surface area contributed by atoms with Crippen LogP contribution in [0.4, 0.5) is 29.6 Å². The van der Waals surface area contributed by atoms with Gasteiger partial charge in [0.2, 0.25) is 5.82 Å². The number of halogens is 3. The molecular weight excluding hydrogens is 593 g/mol. The number of aromatic nitrogens is 5. The molecule has 5 rings (SSSR count). The molecular formula is C30H29F3N8O4. The lowest BCUT2D eigenvalue weighted by Gasteiger charge is -2.37. The average molecular weight is 623 g/mol. The lowest BCUT2D eigenvalue weighted by molar-refractivity contribution is -0.141. The van der Waals surface area contributed by atoms with Gasteiger partial charge in [0.25, 0.3) is 11.8 Å². The van der Waals surface area contributed by atoms with Gasteiger partial charge in [0.1, 0.15) is 29.0 Å². The van der Waals surface area contributed by atoms with E-state index in [1.807, 2.05) is 30.3 Å². The maximum atomic E-state index is 14.1. The molecule has 45 heavy (non-hydrogen) atoms. The summed E-state index contributed by atoms with van der Waals surface area (Å²) in [5.74, 6) is -2.88. The van der Waals surface area contributed by atoms with Gasteiger partial charge in [0.15, 0.2) is 0 Å². The topological polar surface area (TPSA) is 144 Å². The van der Waals surface area contributed by atoms with Crippen LogP contribution in [0, 0.1) is 0 Å². The molecule has 1 aromatic carbocycles. The number of alkyl halides is 3. The fourth-order valence-electron chi connectivity index (χ4n) is 4.91. The van der Waals surface area contributed by atoms with Crippen molar-refractivity contribution < 1.29 is 32.3 Å². The van der Waals surface area contributed by atoms with Crippen LogP contribution in [-0.2, 0) is 15.7 Å². The van der Waals surface area contributed by atoms with Gasteiger partial charge < -0.3 is 10.1 Å². The van der Waals surface area contributed by atoms with E-state index in [0.29, 0.717) is 23.1 Å². The van der Waals surface area contributed by atoms with Crippen LogP contribution >= 0.6 is 0 Å². The highest BCUT2D eigenvalue weighted by Gasteiger charge is 2.45. The molecule has 3 aromatic heterocycles. The summed E-state index contributed by atoms with van der Waals surface area (Å²) in [6, 6.07) is 13.1. The van der Waals surface area contributed by atoms with Crippen LogP contribution in [0.15, 0.2) is 67.0 Å². The minimum Gasteiger partial charge on any atom is -0.444 e. The number of carbonyl (C=O) groups is 3. The second-order valence-corrected chi connectivity index (χ2v) is 11.0. The molecule has 15 heteroatoms. The van der Waals surface area contributed by atoms with Crippen molar-refractivity contribution >= 4 is 29.5 Å². The van der Waals surface area contributed by atoms with Gasteiger partial charge in [-0.2, -0.15) is 18.3 Å². The number of pyridine rings is 1. The van der Waals surface area contributed by atoms with Crippen molar-refractivity contribution in [1.82, 2.24) is 30.0 Å². The number of fused-ring (bicyclic) bond motifs is 1. The van der Waals surface area contributed by atoms with Crippen LogP contribution < -0.4 is 15.5 Å². The van der Waals surface area contributed by atoms with E-state index in [-0.39, 0.29) is 18.1 Å². The van der Waals surface area contributed by atoms with Gasteiger partial charge in [-0.3, -0.25) is 19.8 Å². The third-order valence-electron chi connectivity index (χ3n) is 6.70. The largest absolute Gasteiger partial charge is 0.444 e. The number of carbonyl (C=O) groups excluding carboxylic acids is 3. The summed E-state index contributed by atoms with van der Waals surface area (Å²) in [5.41, 5.74) is -0.660. The Bertz CT molecular complexity index is 1740. The van der Waals surface area contributed by atoms with E-state index in [9.17, 15) is 27.6 Å². The van der Waals surface area contributed by atoms with Crippen LogP contribution in [0.1, 0.15) is 61.2 Å². The van der Waals surface area contributed by atoms with Crippen LogP contribution in [0.25, 0.3) is 5.69 Å². The lowest BCUT2D eigenvalue weighted by Crippen LogP contribution is -2.55. The number of hydrogen-bond acceptors (Lipinski definition) is 8. The zero-order valence-corrected chi connectivity index (χ0v) is 24.7. The Morgan fingerprint density at radius 2 is 1.73 bits per heavy atom. The molecule has 2 N–H and O–H groups in total. The number of likely N-dealkylation sites (N-methyl/N-ethyl adjacent to an activating group) is 1. The van der Waals surface area contributed by atoms with Gasteiger partial charge in [0, 0.05) is 18.3 Å². The number of anilines is 2. The van der Waals surface area contributed by atoms with Crippen LogP contribution in [0.5, 0.6) is 0 Å². The maximum absolute atomic E-state index is 14.1. The quantitative estimate of drug-likeness (QED) is 0.314. The molecule has 4 aromatic rings. The Morgan fingerprint density at radius 1 is 1.00 bits per heavy atom. The molecule has 2 atom stereocenters. The van der Waals surface area contributed by atoms with Crippen LogP contribution in [-0.4, -0.2) is 60.8 Å². The summed E-state index contributed by atoms with van der Waals surface area (Å²) in [6.07, 6.45) is -3.21. The number of amides is 3. The number of nitrogens with zero attached hydrogens (tertiary/aromatic N) is 6. The Kier molecular flexibility index (Phi) is 8.28. The zero-order chi connectivity index (χ0) is 32.5. The SMILES string of the molecule is CCN1C(=O)[C@@H](NC(=O)c2nccc(C(F)(F)F)n2)[C@H](c2cccc(NC(=O)OC(C)(C)C)n2)c2cnn(-c3ccccc3)c21. The second-order valence-electron chi connectivity index (χ2n) is 11.0. The summed E-state index contributed by atoms with van der Waals surface area (Å²) >= 11 is 0. The van der Waals surface area contributed by atoms with Crippen molar-refractivity contribution in [2.24, 2.45) is 0 Å². The number of ether oxygens (including phenoxy) is 1. The summed E-state index contributed by atoms with van der Waals surface area (Å²) in [5, 5.41) is 9.65.